The number of hydrogen-bond donors (Lipinski definition) is 2. The van der Waals surface area contributed by atoms with Crippen LogP contribution in [0.25, 0.3) is 10.9 Å². The van der Waals surface area contributed by atoms with E-state index in [9.17, 15) is 9.59 Å². The molecule has 3 rings (SSSR count). The molecule has 0 unspecified atom stereocenters. The Hall–Kier alpha value is -2.46. The van der Waals surface area contributed by atoms with Gasteiger partial charge in [-0.1, -0.05) is 0 Å². The molecule has 1 aromatic carbocycles. The van der Waals surface area contributed by atoms with Gasteiger partial charge in [0.2, 0.25) is 0 Å². The van der Waals surface area contributed by atoms with Crippen LogP contribution in [0.1, 0.15) is 23.2 Å². The van der Waals surface area contributed by atoms with Crippen LogP contribution in [-0.2, 0) is 0 Å². The summed E-state index contributed by atoms with van der Waals surface area (Å²) in [6.07, 6.45) is 1.41. The van der Waals surface area contributed by atoms with Crippen LogP contribution in [0.5, 0.6) is 0 Å². The normalized spacial score (nSPS) is 15.7. The van der Waals surface area contributed by atoms with Crippen LogP contribution < -0.4 is 5.56 Å². The van der Waals surface area contributed by atoms with Gasteiger partial charge in [0.1, 0.15) is 0 Å². The summed E-state index contributed by atoms with van der Waals surface area (Å²) in [7, 11) is 0. The molecular formula is C15H14N4O2S. The number of H-pyrrole nitrogens is 2. The highest BCUT2D eigenvalue weighted by atomic mass is 32.1. The van der Waals surface area contributed by atoms with Crippen LogP contribution in [0.15, 0.2) is 23.0 Å². The molecule has 1 amide bonds. The summed E-state index contributed by atoms with van der Waals surface area (Å²) in [5.41, 5.74) is 0.790. The third kappa shape index (κ3) is 2.65. The number of nitrogens with zero attached hydrogens (tertiary/aromatic N) is 2. The molecule has 2 heterocycles. The molecule has 1 aliphatic rings. The lowest BCUT2D eigenvalue weighted by Crippen LogP contribution is -2.38. The Morgan fingerprint density at radius 1 is 1.32 bits per heavy atom. The van der Waals surface area contributed by atoms with Crippen LogP contribution in [0.2, 0.25) is 0 Å². The highest BCUT2D eigenvalue weighted by molar-refractivity contribution is 7.71. The van der Waals surface area contributed by atoms with Crippen LogP contribution in [-0.4, -0.2) is 33.9 Å². The number of rotatable bonds is 1. The maximum absolute atomic E-state index is 12.5. The van der Waals surface area contributed by atoms with Gasteiger partial charge in [0, 0.05) is 24.6 Å². The van der Waals surface area contributed by atoms with Gasteiger partial charge in [0.05, 0.1) is 17.0 Å². The second-order valence-electron chi connectivity index (χ2n) is 5.36. The summed E-state index contributed by atoms with van der Waals surface area (Å²) >= 11 is 4.95. The predicted molar refractivity (Wildman–Crippen MR) is 84.0 cm³/mol. The van der Waals surface area contributed by atoms with E-state index in [1.165, 1.54) is 0 Å². The highest BCUT2D eigenvalue weighted by Gasteiger charge is 2.23. The van der Waals surface area contributed by atoms with Gasteiger partial charge in [-0.25, -0.2) is 0 Å². The SMILES string of the molecule is N#CC1CCN(C(=O)c2ccc3c(=O)[nH]c(=S)[nH]c3c2)CC1. The van der Waals surface area contributed by atoms with Gasteiger partial charge in [-0.05, 0) is 43.3 Å². The van der Waals surface area contributed by atoms with Crippen molar-refractivity contribution in [2.75, 3.05) is 13.1 Å². The lowest BCUT2D eigenvalue weighted by atomic mass is 9.98. The van der Waals surface area contributed by atoms with Crippen molar-refractivity contribution in [3.05, 3.63) is 38.9 Å². The second-order valence-corrected chi connectivity index (χ2v) is 5.77. The van der Waals surface area contributed by atoms with Gasteiger partial charge in [-0.15, -0.1) is 0 Å². The molecule has 2 N–H and O–H groups in total. The minimum atomic E-state index is -0.271. The average Bonchev–Trinajstić information content (AvgIpc) is 2.53. The number of benzene rings is 1. The number of likely N-dealkylation sites (tertiary alicyclic amines) is 1. The fraction of sp³-hybridized carbons (Fsp3) is 0.333. The molecule has 0 atom stereocenters. The summed E-state index contributed by atoms with van der Waals surface area (Å²) in [5.74, 6) is -0.0480. The lowest BCUT2D eigenvalue weighted by Gasteiger charge is -2.29. The standard InChI is InChI=1S/C15H14N4O2S/c16-8-9-3-5-19(6-4-9)14(21)10-1-2-11-12(7-10)17-15(22)18-13(11)20/h1-2,7,9H,3-6H2,(H2,17,18,20,22). The first-order valence-electron chi connectivity index (χ1n) is 7.04. The first-order valence-corrected chi connectivity index (χ1v) is 7.44. The van der Waals surface area contributed by atoms with E-state index in [1.54, 1.807) is 23.1 Å². The molecule has 1 saturated heterocycles. The zero-order valence-corrected chi connectivity index (χ0v) is 12.6. The van der Waals surface area contributed by atoms with Gasteiger partial charge in [-0.2, -0.15) is 5.26 Å². The van der Waals surface area contributed by atoms with Crippen molar-refractivity contribution >= 4 is 29.0 Å². The maximum Gasteiger partial charge on any atom is 0.259 e. The molecule has 6 nitrogen and oxygen atoms in total. The van der Waals surface area contributed by atoms with Gasteiger partial charge < -0.3 is 9.88 Å². The van der Waals surface area contributed by atoms with Gasteiger partial charge in [0.25, 0.3) is 11.5 Å². The fourth-order valence-corrected chi connectivity index (χ4v) is 2.90. The quantitative estimate of drug-likeness (QED) is 0.787. The van der Waals surface area contributed by atoms with E-state index < -0.39 is 0 Å². The number of nitriles is 1. The summed E-state index contributed by atoms with van der Waals surface area (Å²) < 4.78 is 0.233. The van der Waals surface area contributed by atoms with Crippen LogP contribution in [0, 0.1) is 22.0 Å². The van der Waals surface area contributed by atoms with E-state index in [-0.39, 0.29) is 22.2 Å². The van der Waals surface area contributed by atoms with E-state index >= 15 is 0 Å². The molecule has 1 fully saturated rings. The molecule has 1 aromatic heterocycles. The number of carbonyl (C=O) groups excluding carboxylic acids is 1. The van der Waals surface area contributed by atoms with Crippen molar-refractivity contribution in [2.24, 2.45) is 5.92 Å². The van der Waals surface area contributed by atoms with Crippen molar-refractivity contribution in [1.82, 2.24) is 14.9 Å². The molecule has 1 aliphatic heterocycles. The van der Waals surface area contributed by atoms with E-state index in [4.69, 9.17) is 17.5 Å². The number of piperidine rings is 1. The molecule has 0 saturated carbocycles. The van der Waals surface area contributed by atoms with Crippen molar-refractivity contribution in [3.8, 4) is 6.07 Å². The minimum absolute atomic E-state index is 0.0373. The topological polar surface area (TPSA) is 92.8 Å². The third-order valence-electron chi connectivity index (χ3n) is 3.95. The Balaban J connectivity index is 1.91. The predicted octanol–water partition coefficient (Wildman–Crippen LogP) is 1.96. The first kappa shape index (κ1) is 14.5. The van der Waals surface area contributed by atoms with Crippen LogP contribution in [0.4, 0.5) is 0 Å². The molecule has 7 heteroatoms. The Morgan fingerprint density at radius 3 is 2.73 bits per heavy atom. The molecule has 22 heavy (non-hydrogen) atoms. The Bertz CT molecular complexity index is 885. The number of amides is 1. The van der Waals surface area contributed by atoms with Gasteiger partial charge >= 0.3 is 0 Å². The molecule has 2 aromatic rings. The monoisotopic (exact) mass is 314 g/mol. The number of carbonyl (C=O) groups is 1. The van der Waals surface area contributed by atoms with Crippen molar-refractivity contribution in [3.63, 3.8) is 0 Å². The summed E-state index contributed by atoms with van der Waals surface area (Å²) in [4.78, 5) is 31.5. The number of fused-ring (bicyclic) bond motifs is 1. The zero-order chi connectivity index (χ0) is 15.7. The fourth-order valence-electron chi connectivity index (χ4n) is 2.70. The summed E-state index contributed by atoms with van der Waals surface area (Å²) in [6, 6.07) is 7.16. The second kappa shape index (κ2) is 5.73. The zero-order valence-electron chi connectivity index (χ0n) is 11.8. The van der Waals surface area contributed by atoms with Crippen LogP contribution >= 0.6 is 12.2 Å². The Labute approximate surface area is 131 Å². The summed E-state index contributed by atoms with van der Waals surface area (Å²) in [5, 5.41) is 9.37. The molecule has 112 valence electrons. The van der Waals surface area contributed by atoms with Crippen LogP contribution in [0.3, 0.4) is 0 Å². The molecule has 0 spiro atoms. The largest absolute Gasteiger partial charge is 0.339 e. The smallest absolute Gasteiger partial charge is 0.259 e. The lowest BCUT2D eigenvalue weighted by molar-refractivity contribution is 0.0707. The molecule has 0 bridgehead atoms. The Kier molecular flexibility index (Phi) is 3.77. The summed E-state index contributed by atoms with van der Waals surface area (Å²) in [6.45, 7) is 1.17. The molecule has 0 aliphatic carbocycles. The van der Waals surface area contributed by atoms with Gasteiger partial charge in [0.15, 0.2) is 4.77 Å². The van der Waals surface area contributed by atoms with Crippen molar-refractivity contribution < 1.29 is 4.79 Å². The van der Waals surface area contributed by atoms with Gasteiger partial charge in [-0.3, -0.25) is 14.6 Å². The average molecular weight is 314 g/mol. The number of aromatic amines is 2. The number of hydrogen-bond acceptors (Lipinski definition) is 4. The van der Waals surface area contributed by atoms with E-state index in [0.29, 0.717) is 42.4 Å². The molecule has 0 radical (unpaired) electrons. The third-order valence-corrected chi connectivity index (χ3v) is 4.16. The number of aromatic nitrogens is 2. The van der Waals surface area contributed by atoms with Crippen molar-refractivity contribution in [2.45, 2.75) is 12.8 Å². The van der Waals surface area contributed by atoms with E-state index in [0.717, 1.165) is 0 Å². The minimum Gasteiger partial charge on any atom is -0.339 e. The Morgan fingerprint density at radius 2 is 2.05 bits per heavy atom. The van der Waals surface area contributed by atoms with Crippen molar-refractivity contribution in [1.29, 1.82) is 5.26 Å². The molecular weight excluding hydrogens is 300 g/mol. The van der Waals surface area contributed by atoms with E-state index in [2.05, 4.69) is 16.0 Å². The van der Waals surface area contributed by atoms with E-state index in [1.807, 2.05) is 0 Å². The maximum atomic E-state index is 12.5. The first-order chi connectivity index (χ1) is 10.6. The number of nitrogens with one attached hydrogen (secondary N) is 2. The highest BCUT2D eigenvalue weighted by Crippen LogP contribution is 2.19.